The fourth-order valence-electron chi connectivity index (χ4n) is 5.00. The van der Waals surface area contributed by atoms with Gasteiger partial charge in [-0.15, -0.1) is 0 Å². The molecule has 0 radical (unpaired) electrons. The average molecular weight is 328 g/mol. The number of anilines is 1. The van der Waals surface area contributed by atoms with Crippen LogP contribution in [0.3, 0.4) is 0 Å². The number of benzene rings is 1. The number of ketones is 1. The summed E-state index contributed by atoms with van der Waals surface area (Å²) in [6, 6.07) is 7.07. The van der Waals surface area contributed by atoms with Gasteiger partial charge >= 0.3 is 6.03 Å². The number of fused-ring (bicyclic) bond motifs is 2. The number of urea groups is 1. The predicted molar refractivity (Wildman–Crippen MR) is 91.1 cm³/mol. The van der Waals surface area contributed by atoms with Crippen molar-refractivity contribution < 1.29 is 14.3 Å². The van der Waals surface area contributed by atoms with Crippen molar-refractivity contribution in [2.24, 2.45) is 11.3 Å². The van der Waals surface area contributed by atoms with Crippen LogP contribution in [0.25, 0.3) is 0 Å². The highest BCUT2D eigenvalue weighted by Crippen LogP contribution is 2.60. The molecule has 1 aromatic carbocycles. The molecular weight excluding hydrogens is 304 g/mol. The van der Waals surface area contributed by atoms with Gasteiger partial charge in [-0.1, -0.05) is 12.8 Å². The molecule has 5 nitrogen and oxygen atoms in total. The lowest BCUT2D eigenvalue weighted by molar-refractivity contribution is -0.125. The van der Waals surface area contributed by atoms with E-state index in [1.807, 2.05) is 0 Å². The summed E-state index contributed by atoms with van der Waals surface area (Å²) in [6.45, 7) is 2.36. The van der Waals surface area contributed by atoms with Gasteiger partial charge in [-0.3, -0.25) is 4.79 Å². The molecule has 1 spiro atoms. The highest BCUT2D eigenvalue weighted by atomic mass is 16.5. The highest BCUT2D eigenvalue weighted by molar-refractivity contribution is 5.95. The van der Waals surface area contributed by atoms with E-state index in [2.05, 4.69) is 10.6 Å². The standard InChI is InChI=1S/C19H24N2O3/c1-12(22)13-4-6-14(7-5-13)20-18(23)21-16-15-8-11-24-17(15)19(16)9-2-3-10-19/h4-7,15-17H,2-3,8-11H2,1H3,(H2,20,21,23)/t15-,16-,17+/m1/s1. The van der Waals surface area contributed by atoms with Gasteiger partial charge in [-0.25, -0.2) is 4.79 Å². The fourth-order valence-corrected chi connectivity index (χ4v) is 5.00. The molecule has 2 saturated carbocycles. The molecule has 0 bridgehead atoms. The number of rotatable bonds is 3. The number of carbonyl (C=O) groups is 2. The summed E-state index contributed by atoms with van der Waals surface area (Å²) in [7, 11) is 0. The van der Waals surface area contributed by atoms with Crippen molar-refractivity contribution in [3.8, 4) is 0 Å². The van der Waals surface area contributed by atoms with Gasteiger partial charge in [-0.2, -0.15) is 0 Å². The second kappa shape index (κ2) is 5.88. The molecule has 1 aromatic rings. The minimum atomic E-state index is -0.160. The molecule has 2 amide bonds. The number of ether oxygens (including phenoxy) is 1. The number of carbonyl (C=O) groups excluding carboxylic acids is 2. The van der Waals surface area contributed by atoms with E-state index in [4.69, 9.17) is 4.74 Å². The van der Waals surface area contributed by atoms with E-state index in [0.29, 0.717) is 23.3 Å². The Balaban J connectivity index is 1.41. The van der Waals surface area contributed by atoms with Crippen molar-refractivity contribution in [3.63, 3.8) is 0 Å². The first-order valence-electron chi connectivity index (χ1n) is 8.90. The normalized spacial score (nSPS) is 29.8. The summed E-state index contributed by atoms with van der Waals surface area (Å²) < 4.78 is 5.95. The maximum atomic E-state index is 12.4. The summed E-state index contributed by atoms with van der Waals surface area (Å²) in [5.41, 5.74) is 1.52. The molecule has 1 saturated heterocycles. The number of nitrogens with one attached hydrogen (secondary N) is 2. The lowest BCUT2D eigenvalue weighted by Gasteiger charge is -2.56. The monoisotopic (exact) mass is 328 g/mol. The summed E-state index contributed by atoms with van der Waals surface area (Å²) in [5.74, 6) is 0.491. The Kier molecular flexibility index (Phi) is 3.83. The largest absolute Gasteiger partial charge is 0.377 e. The number of Topliss-reactive ketones (excluding diaryl/α,β-unsaturated/α-hetero) is 1. The molecule has 5 heteroatoms. The second-order valence-corrected chi connectivity index (χ2v) is 7.39. The van der Waals surface area contributed by atoms with Crippen molar-refractivity contribution in [1.82, 2.24) is 5.32 Å². The molecule has 128 valence electrons. The number of hydrogen-bond donors (Lipinski definition) is 2. The van der Waals surface area contributed by atoms with Crippen LogP contribution in [-0.4, -0.2) is 30.6 Å². The molecule has 3 aliphatic rings. The van der Waals surface area contributed by atoms with Crippen LogP contribution in [0.1, 0.15) is 49.4 Å². The van der Waals surface area contributed by atoms with Crippen LogP contribution in [0, 0.1) is 11.3 Å². The van der Waals surface area contributed by atoms with Gasteiger partial charge in [0.25, 0.3) is 0 Å². The lowest BCUT2D eigenvalue weighted by atomic mass is 9.54. The summed E-state index contributed by atoms with van der Waals surface area (Å²) in [5, 5.41) is 6.10. The van der Waals surface area contributed by atoms with Crippen molar-refractivity contribution >= 4 is 17.5 Å². The SMILES string of the molecule is CC(=O)c1ccc(NC(=O)N[C@@H]2[C@H]3CCO[C@@H]3C23CCCC3)cc1. The van der Waals surface area contributed by atoms with Crippen LogP contribution in [0.15, 0.2) is 24.3 Å². The van der Waals surface area contributed by atoms with Crippen LogP contribution in [0.2, 0.25) is 0 Å². The Labute approximate surface area is 142 Å². The average Bonchev–Trinajstić information content (AvgIpc) is 3.22. The predicted octanol–water partition coefficient (Wildman–Crippen LogP) is 3.36. The Morgan fingerprint density at radius 3 is 2.54 bits per heavy atom. The quantitative estimate of drug-likeness (QED) is 0.836. The molecular formula is C19H24N2O3. The third-order valence-corrected chi connectivity index (χ3v) is 6.12. The summed E-state index contributed by atoms with van der Waals surface area (Å²) >= 11 is 0. The minimum Gasteiger partial charge on any atom is -0.377 e. The molecule has 3 atom stereocenters. The lowest BCUT2D eigenvalue weighted by Crippen LogP contribution is -2.68. The topological polar surface area (TPSA) is 67.4 Å². The van der Waals surface area contributed by atoms with E-state index in [-0.39, 0.29) is 23.3 Å². The zero-order valence-corrected chi connectivity index (χ0v) is 14.0. The molecule has 1 aliphatic heterocycles. The van der Waals surface area contributed by atoms with Crippen LogP contribution in [-0.2, 0) is 4.74 Å². The Morgan fingerprint density at radius 1 is 1.17 bits per heavy atom. The van der Waals surface area contributed by atoms with Gasteiger partial charge in [0.05, 0.1) is 6.10 Å². The third kappa shape index (κ3) is 2.42. The van der Waals surface area contributed by atoms with Gasteiger partial charge in [0, 0.05) is 35.2 Å². The Morgan fingerprint density at radius 2 is 1.88 bits per heavy atom. The Bertz CT molecular complexity index is 649. The zero-order valence-electron chi connectivity index (χ0n) is 14.0. The van der Waals surface area contributed by atoms with Crippen LogP contribution < -0.4 is 10.6 Å². The summed E-state index contributed by atoms with van der Waals surface area (Å²) in [6.07, 6.45) is 6.18. The summed E-state index contributed by atoms with van der Waals surface area (Å²) in [4.78, 5) is 23.7. The van der Waals surface area contributed by atoms with Crippen molar-refractivity contribution in [1.29, 1.82) is 0 Å². The fraction of sp³-hybridized carbons (Fsp3) is 0.579. The number of amides is 2. The van der Waals surface area contributed by atoms with Crippen LogP contribution >= 0.6 is 0 Å². The first-order chi connectivity index (χ1) is 11.6. The van der Waals surface area contributed by atoms with Crippen molar-refractivity contribution in [3.05, 3.63) is 29.8 Å². The van der Waals surface area contributed by atoms with Crippen molar-refractivity contribution in [2.75, 3.05) is 11.9 Å². The smallest absolute Gasteiger partial charge is 0.319 e. The maximum absolute atomic E-state index is 12.4. The molecule has 1 heterocycles. The van der Waals surface area contributed by atoms with E-state index in [1.54, 1.807) is 24.3 Å². The highest BCUT2D eigenvalue weighted by Gasteiger charge is 2.65. The van der Waals surface area contributed by atoms with Gasteiger partial charge in [-0.05, 0) is 50.5 Å². The van der Waals surface area contributed by atoms with Crippen molar-refractivity contribution in [2.45, 2.75) is 51.2 Å². The zero-order chi connectivity index (χ0) is 16.7. The molecule has 2 N–H and O–H groups in total. The molecule has 0 aromatic heterocycles. The molecule has 3 fully saturated rings. The maximum Gasteiger partial charge on any atom is 0.319 e. The van der Waals surface area contributed by atoms with E-state index in [9.17, 15) is 9.59 Å². The molecule has 24 heavy (non-hydrogen) atoms. The van der Waals surface area contributed by atoms with Crippen LogP contribution in [0.4, 0.5) is 10.5 Å². The van der Waals surface area contributed by atoms with Crippen LogP contribution in [0.5, 0.6) is 0 Å². The molecule has 2 aliphatic carbocycles. The third-order valence-electron chi connectivity index (χ3n) is 6.12. The van der Waals surface area contributed by atoms with E-state index in [1.165, 1.54) is 19.8 Å². The second-order valence-electron chi connectivity index (χ2n) is 7.39. The van der Waals surface area contributed by atoms with Gasteiger partial charge in [0.1, 0.15) is 0 Å². The molecule has 4 rings (SSSR count). The first-order valence-corrected chi connectivity index (χ1v) is 8.90. The van der Waals surface area contributed by atoms with Gasteiger partial charge in [0.15, 0.2) is 5.78 Å². The first kappa shape index (κ1) is 15.6. The van der Waals surface area contributed by atoms with Gasteiger partial charge < -0.3 is 15.4 Å². The van der Waals surface area contributed by atoms with E-state index < -0.39 is 0 Å². The Hall–Kier alpha value is -1.88. The minimum absolute atomic E-state index is 0.0240. The van der Waals surface area contributed by atoms with E-state index >= 15 is 0 Å². The van der Waals surface area contributed by atoms with E-state index in [0.717, 1.165) is 25.9 Å². The van der Waals surface area contributed by atoms with Gasteiger partial charge in [0.2, 0.25) is 0 Å². The number of hydrogen-bond acceptors (Lipinski definition) is 3. The molecule has 0 unspecified atom stereocenters.